The molecule has 0 radical (unpaired) electrons. The third kappa shape index (κ3) is 10.7. The van der Waals surface area contributed by atoms with Gasteiger partial charge in [0.05, 0.1) is 0 Å². The molecule has 0 aromatic heterocycles. The zero-order valence-corrected chi connectivity index (χ0v) is 12.7. The van der Waals surface area contributed by atoms with E-state index < -0.39 is 32.6 Å². The molecule has 3 unspecified atom stereocenters. The summed E-state index contributed by atoms with van der Waals surface area (Å²) in [5.41, 5.74) is 0. The molecular formula is C11H21NO7P+. The van der Waals surface area contributed by atoms with Crippen molar-refractivity contribution >= 4 is 20.1 Å². The van der Waals surface area contributed by atoms with Crippen LogP contribution in [0.1, 0.15) is 33.1 Å². The van der Waals surface area contributed by atoms with Crippen LogP contribution in [0.5, 0.6) is 0 Å². The van der Waals surface area contributed by atoms with Gasteiger partial charge in [-0.15, -0.1) is 4.52 Å². The van der Waals surface area contributed by atoms with Gasteiger partial charge in [0.1, 0.15) is 12.8 Å². The first-order chi connectivity index (χ1) is 9.35. The van der Waals surface area contributed by atoms with Gasteiger partial charge >= 0.3 is 20.1 Å². The van der Waals surface area contributed by atoms with E-state index >= 15 is 0 Å². The highest BCUT2D eigenvalue weighted by Crippen LogP contribution is 2.15. The highest BCUT2D eigenvalue weighted by molar-refractivity contribution is 7.38. The van der Waals surface area contributed by atoms with Crippen molar-refractivity contribution in [1.82, 2.24) is 5.32 Å². The number of aliphatic hydroxyl groups excluding tert-OH is 1. The van der Waals surface area contributed by atoms with Gasteiger partial charge < -0.3 is 14.6 Å². The molecule has 0 fully saturated rings. The Hall–Kier alpha value is -1.24. The van der Waals surface area contributed by atoms with Crippen molar-refractivity contribution in [2.45, 2.75) is 45.6 Å². The standard InChI is InChI=1S/C11H20NO7P/c1-4-5-10(14)18-8(2)19-11(15)12-9(13)6-7-17-20(3)16/h8-9,13H,4-7H2,1-3H3/p+1. The van der Waals surface area contributed by atoms with Crippen LogP contribution >= 0.6 is 8.03 Å². The van der Waals surface area contributed by atoms with Crippen molar-refractivity contribution in [3.63, 3.8) is 0 Å². The lowest BCUT2D eigenvalue weighted by Gasteiger charge is -2.16. The Morgan fingerprint density at radius 2 is 2.00 bits per heavy atom. The maximum atomic E-state index is 11.3. The Kier molecular flexibility index (Phi) is 9.88. The molecule has 116 valence electrons. The lowest BCUT2D eigenvalue weighted by atomic mass is 10.3. The Bertz CT molecular complexity index is 337. The van der Waals surface area contributed by atoms with Gasteiger partial charge in [0, 0.05) is 19.8 Å². The van der Waals surface area contributed by atoms with E-state index in [1.54, 1.807) is 0 Å². The zero-order chi connectivity index (χ0) is 15.5. The van der Waals surface area contributed by atoms with E-state index in [-0.39, 0.29) is 19.4 Å². The molecule has 0 aliphatic rings. The Morgan fingerprint density at radius 1 is 1.35 bits per heavy atom. The number of nitrogens with one attached hydrogen (secondary N) is 1. The zero-order valence-electron chi connectivity index (χ0n) is 11.8. The normalized spacial score (nSPS) is 14.1. The number of ether oxygens (including phenoxy) is 2. The van der Waals surface area contributed by atoms with E-state index in [1.165, 1.54) is 13.6 Å². The summed E-state index contributed by atoms with van der Waals surface area (Å²) in [5.74, 6) is -0.464. The van der Waals surface area contributed by atoms with Crippen molar-refractivity contribution in [2.75, 3.05) is 13.3 Å². The van der Waals surface area contributed by atoms with E-state index in [9.17, 15) is 19.3 Å². The lowest BCUT2D eigenvalue weighted by molar-refractivity contribution is -0.165. The Morgan fingerprint density at radius 3 is 2.55 bits per heavy atom. The van der Waals surface area contributed by atoms with Crippen molar-refractivity contribution < 1.29 is 33.3 Å². The average molecular weight is 310 g/mol. The van der Waals surface area contributed by atoms with Crippen LogP contribution in [0.4, 0.5) is 4.79 Å². The number of hydrogen-bond acceptors (Lipinski definition) is 7. The minimum Gasteiger partial charge on any atom is -0.425 e. The first kappa shape index (κ1) is 18.8. The topological polar surface area (TPSA) is 111 Å². The molecule has 0 heterocycles. The van der Waals surface area contributed by atoms with E-state index in [0.29, 0.717) is 6.42 Å². The van der Waals surface area contributed by atoms with E-state index in [2.05, 4.69) is 5.32 Å². The fraction of sp³-hybridized carbons (Fsp3) is 0.818. The lowest BCUT2D eigenvalue weighted by Crippen LogP contribution is -2.38. The second kappa shape index (κ2) is 10.5. The molecule has 9 heteroatoms. The number of hydrogen-bond donors (Lipinski definition) is 2. The van der Waals surface area contributed by atoms with Crippen molar-refractivity contribution in [3.8, 4) is 0 Å². The van der Waals surface area contributed by atoms with Crippen molar-refractivity contribution in [2.24, 2.45) is 0 Å². The molecular weight excluding hydrogens is 289 g/mol. The fourth-order valence-electron chi connectivity index (χ4n) is 1.16. The molecule has 0 aliphatic heterocycles. The Labute approximate surface area is 118 Å². The molecule has 0 bridgehead atoms. The molecule has 8 nitrogen and oxygen atoms in total. The number of carbonyl (C=O) groups excluding carboxylic acids is 2. The third-order valence-electron chi connectivity index (χ3n) is 1.97. The highest BCUT2D eigenvalue weighted by atomic mass is 31.1. The highest BCUT2D eigenvalue weighted by Gasteiger charge is 2.17. The number of alkyl carbamates (subject to hydrolysis) is 1. The van der Waals surface area contributed by atoms with Crippen molar-refractivity contribution in [3.05, 3.63) is 0 Å². The molecule has 0 aliphatic carbocycles. The third-order valence-corrected chi connectivity index (χ3v) is 2.52. The van der Waals surface area contributed by atoms with Crippen LogP contribution < -0.4 is 5.32 Å². The summed E-state index contributed by atoms with van der Waals surface area (Å²) in [5, 5.41) is 11.5. The number of aliphatic hydroxyl groups is 1. The second-order valence-corrected chi connectivity index (χ2v) is 5.07. The molecule has 0 aromatic rings. The minimum absolute atomic E-state index is 0.0359. The van der Waals surface area contributed by atoms with Gasteiger partial charge in [-0.1, -0.05) is 6.92 Å². The monoisotopic (exact) mass is 310 g/mol. The molecule has 0 saturated heterocycles. The molecule has 20 heavy (non-hydrogen) atoms. The van der Waals surface area contributed by atoms with Gasteiger partial charge in [0.2, 0.25) is 6.29 Å². The number of amides is 1. The van der Waals surface area contributed by atoms with Crippen molar-refractivity contribution in [1.29, 1.82) is 0 Å². The predicted octanol–water partition coefficient (Wildman–Crippen LogP) is 1.50. The molecule has 3 atom stereocenters. The van der Waals surface area contributed by atoms with Crippen LogP contribution in [0, 0.1) is 0 Å². The maximum Gasteiger partial charge on any atom is 0.504 e. The number of carbonyl (C=O) groups is 2. The summed E-state index contributed by atoms with van der Waals surface area (Å²) in [6.07, 6.45) is -2.22. The largest absolute Gasteiger partial charge is 0.504 e. The summed E-state index contributed by atoms with van der Waals surface area (Å²) in [4.78, 5) is 22.5. The minimum atomic E-state index is -1.74. The van der Waals surface area contributed by atoms with Gasteiger partial charge in [0.25, 0.3) is 0 Å². The first-order valence-corrected chi connectivity index (χ1v) is 7.86. The number of esters is 1. The van der Waals surface area contributed by atoms with Gasteiger partial charge in [-0.25, -0.2) is 4.79 Å². The van der Waals surface area contributed by atoms with Gasteiger partial charge in [-0.3, -0.25) is 10.1 Å². The molecule has 2 N–H and O–H groups in total. The summed E-state index contributed by atoms with van der Waals surface area (Å²) >= 11 is 0. The summed E-state index contributed by atoms with van der Waals surface area (Å²) < 4.78 is 24.9. The predicted molar refractivity (Wildman–Crippen MR) is 70.2 cm³/mol. The van der Waals surface area contributed by atoms with Crippen LogP contribution in [0.2, 0.25) is 0 Å². The fourth-order valence-corrected chi connectivity index (χ4v) is 1.52. The maximum absolute atomic E-state index is 11.3. The molecule has 0 spiro atoms. The quantitative estimate of drug-likeness (QED) is 0.377. The van der Waals surface area contributed by atoms with Gasteiger partial charge in [-0.05, 0) is 11.0 Å². The van der Waals surface area contributed by atoms with Crippen LogP contribution in [0.25, 0.3) is 0 Å². The van der Waals surface area contributed by atoms with Gasteiger partial charge in [0.15, 0.2) is 6.66 Å². The second-order valence-electron chi connectivity index (χ2n) is 3.93. The van der Waals surface area contributed by atoms with Crippen LogP contribution in [0.15, 0.2) is 0 Å². The van der Waals surface area contributed by atoms with E-state index in [4.69, 9.17) is 14.0 Å². The molecule has 1 amide bonds. The molecule has 0 rings (SSSR count). The smallest absolute Gasteiger partial charge is 0.425 e. The SMILES string of the molecule is CCCC(=O)OC(C)OC(=O)NC(O)CCO[P+](C)=O. The summed E-state index contributed by atoms with van der Waals surface area (Å²) in [7, 11) is -1.74. The van der Waals surface area contributed by atoms with Crippen LogP contribution in [-0.4, -0.2) is 43.0 Å². The Balaban J connectivity index is 3.85. The molecule has 0 saturated carbocycles. The van der Waals surface area contributed by atoms with Crippen LogP contribution in [0.3, 0.4) is 0 Å². The first-order valence-electron chi connectivity index (χ1n) is 6.23. The van der Waals surface area contributed by atoms with Crippen LogP contribution in [-0.2, 0) is 23.4 Å². The summed E-state index contributed by atoms with van der Waals surface area (Å²) in [6.45, 7) is 4.64. The molecule has 0 aromatic carbocycles. The van der Waals surface area contributed by atoms with E-state index in [0.717, 1.165) is 0 Å². The van der Waals surface area contributed by atoms with E-state index in [1.807, 2.05) is 6.92 Å². The summed E-state index contributed by atoms with van der Waals surface area (Å²) in [6, 6.07) is 0. The number of rotatable bonds is 9. The average Bonchev–Trinajstić information content (AvgIpc) is 2.27. The van der Waals surface area contributed by atoms with Gasteiger partial charge in [-0.2, -0.15) is 0 Å².